The van der Waals surface area contributed by atoms with Gasteiger partial charge in [0.1, 0.15) is 5.75 Å². The number of aryl methyl sites for hydroxylation is 1. The van der Waals surface area contributed by atoms with Crippen molar-refractivity contribution in [2.24, 2.45) is 5.92 Å². The van der Waals surface area contributed by atoms with E-state index >= 15 is 0 Å². The minimum absolute atomic E-state index is 0.0732. The summed E-state index contributed by atoms with van der Waals surface area (Å²) in [6, 6.07) is 20.9. The van der Waals surface area contributed by atoms with Crippen molar-refractivity contribution in [3.63, 3.8) is 0 Å². The second-order valence-electron chi connectivity index (χ2n) is 8.94. The second kappa shape index (κ2) is 9.70. The van der Waals surface area contributed by atoms with E-state index in [1.165, 1.54) is 0 Å². The summed E-state index contributed by atoms with van der Waals surface area (Å²) in [5.41, 5.74) is 3.56. The molecule has 0 saturated carbocycles. The number of benzene rings is 3. The third kappa shape index (κ3) is 4.67. The lowest BCUT2D eigenvalue weighted by Crippen LogP contribution is -2.35. The van der Waals surface area contributed by atoms with Crippen LogP contribution in [0.2, 0.25) is 0 Å². The average Bonchev–Trinajstić information content (AvgIpc) is 3.54. The van der Waals surface area contributed by atoms with Crippen LogP contribution in [0.15, 0.2) is 66.7 Å². The maximum atomic E-state index is 13.4. The minimum atomic E-state index is -0.408. The molecule has 0 bridgehead atoms. The number of hydrogen-bond acceptors (Lipinski definition) is 5. The number of para-hydroxylation sites is 1. The molecule has 2 atom stereocenters. The SMILES string of the molecule is COc1ccccc1C1CN(C(=O)c2ccc(C)cc2)CC1C(=O)NCc1ccc2c(c1)OCO2. The maximum absolute atomic E-state index is 13.4. The first-order chi connectivity index (χ1) is 17.0. The lowest BCUT2D eigenvalue weighted by Gasteiger charge is -2.20. The van der Waals surface area contributed by atoms with Gasteiger partial charge in [0, 0.05) is 31.1 Å². The Bertz CT molecular complexity index is 1240. The van der Waals surface area contributed by atoms with E-state index in [4.69, 9.17) is 14.2 Å². The lowest BCUT2D eigenvalue weighted by molar-refractivity contribution is -0.125. The quantitative estimate of drug-likeness (QED) is 0.589. The van der Waals surface area contributed by atoms with Crippen LogP contribution in [0, 0.1) is 12.8 Å². The van der Waals surface area contributed by atoms with E-state index in [-0.39, 0.29) is 24.5 Å². The van der Waals surface area contributed by atoms with Gasteiger partial charge in [-0.2, -0.15) is 0 Å². The van der Waals surface area contributed by atoms with Crippen LogP contribution in [0.4, 0.5) is 0 Å². The fourth-order valence-electron chi connectivity index (χ4n) is 4.77. The summed E-state index contributed by atoms with van der Waals surface area (Å²) in [7, 11) is 1.62. The molecule has 3 aromatic rings. The van der Waals surface area contributed by atoms with Crippen LogP contribution < -0.4 is 19.5 Å². The predicted molar refractivity (Wildman–Crippen MR) is 131 cm³/mol. The number of carbonyl (C=O) groups excluding carboxylic acids is 2. The van der Waals surface area contributed by atoms with Crippen LogP contribution in [-0.2, 0) is 11.3 Å². The number of fused-ring (bicyclic) bond motifs is 1. The van der Waals surface area contributed by atoms with E-state index in [9.17, 15) is 9.59 Å². The monoisotopic (exact) mass is 472 g/mol. The summed E-state index contributed by atoms with van der Waals surface area (Å²) in [6.45, 7) is 3.33. The van der Waals surface area contributed by atoms with Crippen LogP contribution in [0.1, 0.15) is 33.0 Å². The molecule has 7 heteroatoms. The number of carbonyl (C=O) groups is 2. The van der Waals surface area contributed by atoms with Crippen LogP contribution >= 0.6 is 0 Å². The Morgan fingerprint density at radius 2 is 1.77 bits per heavy atom. The molecule has 5 rings (SSSR count). The number of likely N-dealkylation sites (tertiary alicyclic amines) is 1. The Morgan fingerprint density at radius 3 is 2.57 bits per heavy atom. The molecule has 1 saturated heterocycles. The molecular weight excluding hydrogens is 444 g/mol. The van der Waals surface area contributed by atoms with Gasteiger partial charge in [0.2, 0.25) is 12.7 Å². The van der Waals surface area contributed by atoms with Gasteiger partial charge in [-0.05, 0) is 48.4 Å². The Hall–Kier alpha value is -4.00. The first kappa shape index (κ1) is 22.8. The molecule has 2 unspecified atom stereocenters. The van der Waals surface area contributed by atoms with Gasteiger partial charge < -0.3 is 24.4 Å². The van der Waals surface area contributed by atoms with Crippen molar-refractivity contribution >= 4 is 11.8 Å². The zero-order valence-electron chi connectivity index (χ0n) is 19.8. The number of amides is 2. The van der Waals surface area contributed by atoms with Crippen molar-refractivity contribution in [1.29, 1.82) is 0 Å². The molecule has 2 heterocycles. The van der Waals surface area contributed by atoms with Crippen molar-refractivity contribution in [1.82, 2.24) is 10.2 Å². The Kier molecular flexibility index (Phi) is 6.31. The van der Waals surface area contributed by atoms with E-state index in [1.54, 1.807) is 12.0 Å². The third-order valence-electron chi connectivity index (χ3n) is 6.68. The molecule has 0 aromatic heterocycles. The van der Waals surface area contributed by atoms with E-state index in [1.807, 2.05) is 73.7 Å². The number of rotatable bonds is 6. The standard InChI is InChI=1S/C28H28N2O5/c1-18-7-10-20(11-8-18)28(32)30-15-22(21-5-3-4-6-24(21)33-2)23(16-30)27(31)29-14-19-9-12-25-26(13-19)35-17-34-25/h3-13,22-23H,14-17H2,1-2H3,(H,29,31). The van der Waals surface area contributed by atoms with E-state index < -0.39 is 5.92 Å². The van der Waals surface area contributed by atoms with E-state index in [0.29, 0.717) is 36.7 Å². The summed E-state index contributed by atoms with van der Waals surface area (Å²) >= 11 is 0. The zero-order chi connectivity index (χ0) is 24.4. The molecule has 0 aliphatic carbocycles. The van der Waals surface area contributed by atoms with Crippen LogP contribution in [0.5, 0.6) is 17.2 Å². The topological polar surface area (TPSA) is 77.1 Å². The van der Waals surface area contributed by atoms with Crippen LogP contribution in [0.25, 0.3) is 0 Å². The first-order valence-corrected chi connectivity index (χ1v) is 11.7. The van der Waals surface area contributed by atoms with Gasteiger partial charge in [-0.3, -0.25) is 9.59 Å². The Balaban J connectivity index is 1.36. The fraction of sp³-hybridized carbons (Fsp3) is 0.286. The lowest BCUT2D eigenvalue weighted by atomic mass is 9.87. The molecule has 3 aromatic carbocycles. The molecule has 0 spiro atoms. The molecule has 1 N–H and O–H groups in total. The largest absolute Gasteiger partial charge is 0.496 e. The van der Waals surface area contributed by atoms with Gasteiger partial charge >= 0.3 is 0 Å². The van der Waals surface area contributed by atoms with E-state index in [0.717, 1.165) is 22.4 Å². The van der Waals surface area contributed by atoms with E-state index in [2.05, 4.69) is 5.32 Å². The first-order valence-electron chi connectivity index (χ1n) is 11.7. The highest BCUT2D eigenvalue weighted by Gasteiger charge is 2.41. The zero-order valence-corrected chi connectivity index (χ0v) is 19.8. The number of nitrogens with one attached hydrogen (secondary N) is 1. The van der Waals surface area contributed by atoms with Crippen molar-refractivity contribution in [3.8, 4) is 17.2 Å². The number of ether oxygens (including phenoxy) is 3. The summed E-state index contributed by atoms with van der Waals surface area (Å²) in [4.78, 5) is 28.5. The molecule has 2 aliphatic rings. The summed E-state index contributed by atoms with van der Waals surface area (Å²) < 4.78 is 16.4. The van der Waals surface area contributed by atoms with Crippen LogP contribution in [-0.4, -0.2) is 43.7 Å². The predicted octanol–water partition coefficient (Wildman–Crippen LogP) is 3.90. The third-order valence-corrected chi connectivity index (χ3v) is 6.68. The number of hydrogen-bond donors (Lipinski definition) is 1. The second-order valence-corrected chi connectivity index (χ2v) is 8.94. The summed E-state index contributed by atoms with van der Waals surface area (Å²) in [5, 5.41) is 3.06. The highest BCUT2D eigenvalue weighted by Crippen LogP contribution is 2.38. The molecule has 7 nitrogen and oxygen atoms in total. The molecule has 1 fully saturated rings. The normalized spacial score (nSPS) is 18.4. The molecule has 2 amide bonds. The van der Waals surface area contributed by atoms with Gasteiger partial charge in [0.05, 0.1) is 13.0 Å². The summed E-state index contributed by atoms with van der Waals surface area (Å²) in [5.74, 6) is 1.34. The number of methoxy groups -OCH3 is 1. The molecule has 180 valence electrons. The minimum Gasteiger partial charge on any atom is -0.496 e. The summed E-state index contributed by atoms with van der Waals surface area (Å²) in [6.07, 6.45) is 0. The molecule has 0 radical (unpaired) electrons. The van der Waals surface area contributed by atoms with Crippen molar-refractivity contribution in [3.05, 3.63) is 89.0 Å². The van der Waals surface area contributed by atoms with Gasteiger partial charge in [-0.1, -0.05) is 42.0 Å². The van der Waals surface area contributed by atoms with Crippen LogP contribution in [0.3, 0.4) is 0 Å². The number of nitrogens with zero attached hydrogens (tertiary/aromatic N) is 1. The van der Waals surface area contributed by atoms with Crippen molar-refractivity contribution < 1.29 is 23.8 Å². The van der Waals surface area contributed by atoms with Crippen molar-refractivity contribution in [2.45, 2.75) is 19.4 Å². The molecule has 2 aliphatic heterocycles. The van der Waals surface area contributed by atoms with Crippen molar-refractivity contribution in [2.75, 3.05) is 27.0 Å². The smallest absolute Gasteiger partial charge is 0.253 e. The van der Waals surface area contributed by atoms with Gasteiger partial charge in [-0.15, -0.1) is 0 Å². The van der Waals surface area contributed by atoms with Gasteiger partial charge in [0.25, 0.3) is 5.91 Å². The molecular formula is C28H28N2O5. The van der Waals surface area contributed by atoms with Gasteiger partial charge in [0.15, 0.2) is 11.5 Å². The Morgan fingerprint density at radius 1 is 1.00 bits per heavy atom. The van der Waals surface area contributed by atoms with Gasteiger partial charge in [-0.25, -0.2) is 0 Å². The maximum Gasteiger partial charge on any atom is 0.253 e. The average molecular weight is 473 g/mol. The fourth-order valence-corrected chi connectivity index (χ4v) is 4.77. The molecule has 35 heavy (non-hydrogen) atoms. The Labute approximate surface area is 204 Å². The highest BCUT2D eigenvalue weighted by molar-refractivity contribution is 5.95. The highest BCUT2D eigenvalue weighted by atomic mass is 16.7.